The van der Waals surface area contributed by atoms with E-state index < -0.39 is 6.04 Å². The lowest BCUT2D eigenvalue weighted by molar-refractivity contribution is -0.129. The molecule has 0 saturated carbocycles. The van der Waals surface area contributed by atoms with Crippen molar-refractivity contribution in [2.24, 2.45) is 0 Å². The molecule has 3 aliphatic rings. The molecule has 1 saturated heterocycles. The van der Waals surface area contributed by atoms with E-state index in [9.17, 15) is 9.59 Å². The lowest BCUT2D eigenvalue weighted by atomic mass is 10.1. The van der Waals surface area contributed by atoms with Gasteiger partial charge in [0.15, 0.2) is 0 Å². The number of allylic oxidation sites excluding steroid dienone is 1. The topological polar surface area (TPSA) is 80.8 Å². The Kier molecular flexibility index (Phi) is 4.02. The Bertz CT molecular complexity index is 788. The minimum atomic E-state index is -0.479. The molecule has 0 aromatic carbocycles. The molecular formula is C18H22N6O2. The monoisotopic (exact) mass is 354 g/mol. The lowest BCUT2D eigenvalue weighted by Gasteiger charge is -2.41. The molecule has 2 bridgehead atoms. The van der Waals surface area contributed by atoms with Crippen LogP contribution in [0.5, 0.6) is 0 Å². The Hall–Kier alpha value is -3.03. The van der Waals surface area contributed by atoms with Crippen LogP contribution in [0.3, 0.4) is 0 Å². The number of likely N-dealkylation sites (N-methyl/N-ethyl adjacent to an activating group) is 1. The maximum atomic E-state index is 13.0. The van der Waals surface area contributed by atoms with Crippen LogP contribution in [0.15, 0.2) is 48.1 Å². The maximum Gasteiger partial charge on any atom is 0.328 e. The Morgan fingerprint density at radius 2 is 2.19 bits per heavy atom. The van der Waals surface area contributed by atoms with Crippen molar-refractivity contribution >= 4 is 17.8 Å². The van der Waals surface area contributed by atoms with E-state index >= 15 is 0 Å². The molecule has 0 radical (unpaired) electrons. The Morgan fingerprint density at radius 3 is 2.92 bits per heavy atom. The van der Waals surface area contributed by atoms with Gasteiger partial charge in [0.25, 0.3) is 0 Å². The van der Waals surface area contributed by atoms with Crippen LogP contribution in [0.1, 0.15) is 6.42 Å². The number of fused-ring (bicyclic) bond motifs is 3. The van der Waals surface area contributed by atoms with Gasteiger partial charge < -0.3 is 15.1 Å². The second-order valence-electron chi connectivity index (χ2n) is 6.85. The molecule has 3 aliphatic heterocycles. The lowest BCUT2D eigenvalue weighted by Crippen LogP contribution is -2.55. The number of anilines is 1. The van der Waals surface area contributed by atoms with Crippen LogP contribution in [-0.2, 0) is 4.79 Å². The summed E-state index contributed by atoms with van der Waals surface area (Å²) in [6.07, 6.45) is 6.33. The Labute approximate surface area is 152 Å². The summed E-state index contributed by atoms with van der Waals surface area (Å²) in [5.41, 5.74) is 0.956. The van der Waals surface area contributed by atoms with E-state index in [-0.39, 0.29) is 18.0 Å². The van der Waals surface area contributed by atoms with Crippen molar-refractivity contribution in [2.75, 3.05) is 32.5 Å². The third kappa shape index (κ3) is 2.77. The van der Waals surface area contributed by atoms with Crippen LogP contribution in [0.2, 0.25) is 0 Å². The van der Waals surface area contributed by atoms with Gasteiger partial charge in [0.05, 0.1) is 11.7 Å². The number of urea groups is 1. The van der Waals surface area contributed by atoms with E-state index in [1.165, 1.54) is 0 Å². The maximum absolute atomic E-state index is 13.0. The number of hydrogen-bond acceptors (Lipinski definition) is 5. The number of hydrogen-bond donors (Lipinski definition) is 2. The summed E-state index contributed by atoms with van der Waals surface area (Å²) < 4.78 is 0. The van der Waals surface area contributed by atoms with E-state index in [0.29, 0.717) is 11.6 Å². The number of aromatic nitrogens is 1. The molecule has 4 heterocycles. The first-order valence-corrected chi connectivity index (χ1v) is 8.71. The molecule has 1 fully saturated rings. The van der Waals surface area contributed by atoms with Crippen LogP contribution in [0, 0.1) is 0 Å². The molecule has 1 aromatic heterocycles. The van der Waals surface area contributed by atoms with Crippen molar-refractivity contribution < 1.29 is 9.59 Å². The first-order chi connectivity index (χ1) is 12.5. The number of carbonyl (C=O) groups is 2. The molecule has 2 N–H and O–H groups in total. The van der Waals surface area contributed by atoms with Crippen molar-refractivity contribution in [2.45, 2.75) is 18.5 Å². The molecule has 8 heteroatoms. The van der Waals surface area contributed by atoms with Gasteiger partial charge in [0, 0.05) is 33.4 Å². The molecule has 136 valence electrons. The highest BCUT2D eigenvalue weighted by molar-refractivity contribution is 5.91. The van der Waals surface area contributed by atoms with Gasteiger partial charge in [-0.05, 0) is 24.6 Å². The van der Waals surface area contributed by atoms with Crippen LogP contribution in [0.4, 0.5) is 10.6 Å². The van der Waals surface area contributed by atoms with Gasteiger partial charge in [-0.15, -0.1) is 0 Å². The normalized spacial score (nSPS) is 23.5. The second-order valence-corrected chi connectivity index (χ2v) is 6.85. The fourth-order valence-electron chi connectivity index (χ4n) is 3.63. The van der Waals surface area contributed by atoms with Crippen molar-refractivity contribution in [1.29, 1.82) is 0 Å². The molecule has 26 heavy (non-hydrogen) atoms. The average molecular weight is 354 g/mol. The fraction of sp³-hybridized carbons (Fsp3) is 0.389. The predicted octanol–water partition coefficient (Wildman–Crippen LogP) is 0.789. The van der Waals surface area contributed by atoms with E-state index in [4.69, 9.17) is 0 Å². The summed E-state index contributed by atoms with van der Waals surface area (Å²) in [4.78, 5) is 35.1. The second kappa shape index (κ2) is 6.36. The summed E-state index contributed by atoms with van der Waals surface area (Å²) in [5, 5.41) is 6.12. The molecule has 0 spiro atoms. The smallest absolute Gasteiger partial charge is 0.328 e. The van der Waals surface area contributed by atoms with Gasteiger partial charge in [-0.3, -0.25) is 15.0 Å². The van der Waals surface area contributed by atoms with Crippen molar-refractivity contribution in [3.63, 3.8) is 0 Å². The van der Waals surface area contributed by atoms with Crippen LogP contribution >= 0.6 is 0 Å². The van der Waals surface area contributed by atoms with E-state index in [1.807, 2.05) is 18.2 Å². The highest BCUT2D eigenvalue weighted by atomic mass is 16.2. The highest BCUT2D eigenvalue weighted by Gasteiger charge is 2.42. The third-order valence-electron chi connectivity index (χ3n) is 4.92. The third-order valence-corrected chi connectivity index (χ3v) is 4.92. The summed E-state index contributed by atoms with van der Waals surface area (Å²) in [5.74, 6) is 1.15. The summed E-state index contributed by atoms with van der Waals surface area (Å²) in [7, 11) is 3.45. The van der Waals surface area contributed by atoms with Gasteiger partial charge >= 0.3 is 6.03 Å². The molecular weight excluding hydrogens is 332 g/mol. The van der Waals surface area contributed by atoms with Gasteiger partial charge in [0.2, 0.25) is 5.91 Å². The van der Waals surface area contributed by atoms with E-state index in [2.05, 4.69) is 20.5 Å². The summed E-state index contributed by atoms with van der Waals surface area (Å²) >= 11 is 0. The zero-order valence-corrected chi connectivity index (χ0v) is 14.8. The van der Waals surface area contributed by atoms with E-state index in [0.717, 1.165) is 25.2 Å². The molecule has 4 rings (SSSR count). The summed E-state index contributed by atoms with van der Waals surface area (Å²) in [6.45, 7) is 1.70. The molecule has 8 nitrogen and oxygen atoms in total. The highest BCUT2D eigenvalue weighted by Crippen LogP contribution is 2.33. The van der Waals surface area contributed by atoms with Gasteiger partial charge in [0.1, 0.15) is 17.7 Å². The number of carbonyl (C=O) groups excluding carboxylic acids is 2. The van der Waals surface area contributed by atoms with Crippen molar-refractivity contribution in [1.82, 2.24) is 25.0 Å². The molecule has 2 atom stereocenters. The number of nitrogens with zero attached hydrogens (tertiary/aromatic N) is 4. The average Bonchev–Trinajstić information content (AvgIpc) is 3.06. The minimum absolute atomic E-state index is 0.0502. The number of rotatable bonds is 2. The molecule has 0 aliphatic carbocycles. The van der Waals surface area contributed by atoms with Gasteiger partial charge in [-0.2, -0.15) is 0 Å². The number of nitrogens with one attached hydrogen (secondary N) is 2. The fourth-order valence-corrected chi connectivity index (χ4v) is 3.63. The largest absolute Gasteiger partial charge is 0.366 e. The number of amides is 3. The first kappa shape index (κ1) is 16.4. The first-order valence-electron chi connectivity index (χ1n) is 8.71. The minimum Gasteiger partial charge on any atom is -0.366 e. The van der Waals surface area contributed by atoms with Crippen molar-refractivity contribution in [3.8, 4) is 0 Å². The Balaban J connectivity index is 1.62. The van der Waals surface area contributed by atoms with Gasteiger partial charge in [-0.25, -0.2) is 9.78 Å². The SMILES string of the molecule is CN(C)C(=O)C1C=CC2=C(N1)N(C(=O)Nc1ccccn1)[C@H]1CCN2C1. The quantitative estimate of drug-likeness (QED) is 0.821. The standard InChI is InChI=1S/C18H22N6O2/c1-22(2)17(25)13-6-7-14-16(20-13)24(12-8-10-23(14)11-12)18(26)21-15-5-3-4-9-19-15/h3-7,9,12-13,20H,8,10-11H2,1-2H3,(H,19,21,26)/t12-,13?/m0/s1. The van der Waals surface area contributed by atoms with Crippen molar-refractivity contribution in [3.05, 3.63) is 48.1 Å². The van der Waals surface area contributed by atoms with Gasteiger partial charge in [-0.1, -0.05) is 12.1 Å². The molecule has 3 amide bonds. The van der Waals surface area contributed by atoms with Crippen LogP contribution in [0.25, 0.3) is 0 Å². The number of dihydropyridines is 1. The zero-order chi connectivity index (χ0) is 18.3. The van der Waals surface area contributed by atoms with Crippen LogP contribution < -0.4 is 10.6 Å². The van der Waals surface area contributed by atoms with Crippen LogP contribution in [-0.4, -0.2) is 70.9 Å². The zero-order valence-electron chi connectivity index (χ0n) is 14.8. The number of pyridine rings is 1. The summed E-state index contributed by atoms with van der Waals surface area (Å²) in [6, 6.07) is 4.75. The molecule has 1 aromatic rings. The predicted molar refractivity (Wildman–Crippen MR) is 96.9 cm³/mol. The molecule has 1 unspecified atom stereocenters. The Morgan fingerprint density at radius 1 is 1.35 bits per heavy atom. The van der Waals surface area contributed by atoms with E-state index in [1.54, 1.807) is 42.2 Å².